The SMILES string of the molecule is CC(C)(C)N1CCCC(N)(CF)C1. The molecule has 0 aromatic rings. The van der Waals surface area contributed by atoms with Gasteiger partial charge in [0.05, 0.1) is 5.54 Å². The Hall–Kier alpha value is -0.150. The van der Waals surface area contributed by atoms with Crippen LogP contribution in [0.3, 0.4) is 0 Å². The predicted octanol–water partition coefficient (Wildman–Crippen LogP) is 1.55. The lowest BCUT2D eigenvalue weighted by Crippen LogP contribution is -2.60. The highest BCUT2D eigenvalue weighted by atomic mass is 19.1. The van der Waals surface area contributed by atoms with Crippen molar-refractivity contribution >= 4 is 0 Å². The second-order valence-corrected chi connectivity index (χ2v) is 5.19. The summed E-state index contributed by atoms with van der Waals surface area (Å²) in [7, 11) is 0. The average Bonchev–Trinajstić information content (AvgIpc) is 2.03. The minimum Gasteiger partial charge on any atom is -0.322 e. The van der Waals surface area contributed by atoms with Gasteiger partial charge in [-0.3, -0.25) is 4.90 Å². The maximum Gasteiger partial charge on any atom is 0.109 e. The van der Waals surface area contributed by atoms with Crippen molar-refractivity contribution in [2.24, 2.45) is 5.73 Å². The van der Waals surface area contributed by atoms with Gasteiger partial charge in [0.1, 0.15) is 6.67 Å². The van der Waals surface area contributed by atoms with E-state index in [9.17, 15) is 4.39 Å². The lowest BCUT2D eigenvalue weighted by molar-refractivity contribution is 0.0549. The number of likely N-dealkylation sites (tertiary alicyclic amines) is 1. The highest BCUT2D eigenvalue weighted by Gasteiger charge is 2.35. The Labute approximate surface area is 80.3 Å². The monoisotopic (exact) mass is 188 g/mol. The molecule has 0 aromatic carbocycles. The highest BCUT2D eigenvalue weighted by molar-refractivity contribution is 4.94. The van der Waals surface area contributed by atoms with Gasteiger partial charge in [0.2, 0.25) is 0 Å². The van der Waals surface area contributed by atoms with E-state index in [1.807, 2.05) is 0 Å². The summed E-state index contributed by atoms with van der Waals surface area (Å²) in [4.78, 5) is 2.27. The third kappa shape index (κ3) is 2.64. The van der Waals surface area contributed by atoms with Crippen LogP contribution in [0.5, 0.6) is 0 Å². The summed E-state index contributed by atoms with van der Waals surface area (Å²) in [6, 6.07) is 0. The quantitative estimate of drug-likeness (QED) is 0.676. The van der Waals surface area contributed by atoms with E-state index in [1.54, 1.807) is 0 Å². The summed E-state index contributed by atoms with van der Waals surface area (Å²) in [6.45, 7) is 7.78. The molecule has 1 rings (SSSR count). The number of hydrogen-bond acceptors (Lipinski definition) is 2. The Kier molecular flexibility index (Phi) is 2.98. The van der Waals surface area contributed by atoms with Crippen LogP contribution in [-0.2, 0) is 0 Å². The third-order valence-corrected chi connectivity index (χ3v) is 2.82. The largest absolute Gasteiger partial charge is 0.322 e. The summed E-state index contributed by atoms with van der Waals surface area (Å²) >= 11 is 0. The third-order valence-electron chi connectivity index (χ3n) is 2.82. The highest BCUT2D eigenvalue weighted by Crippen LogP contribution is 2.25. The van der Waals surface area contributed by atoms with Gasteiger partial charge in [-0.1, -0.05) is 0 Å². The maximum atomic E-state index is 12.7. The zero-order chi connectivity index (χ0) is 10.1. The first kappa shape index (κ1) is 10.9. The fourth-order valence-electron chi connectivity index (χ4n) is 1.84. The van der Waals surface area contributed by atoms with Crippen LogP contribution in [0, 0.1) is 0 Å². The van der Waals surface area contributed by atoms with Gasteiger partial charge in [0.25, 0.3) is 0 Å². The van der Waals surface area contributed by atoms with Crippen LogP contribution in [0.4, 0.5) is 4.39 Å². The molecule has 2 nitrogen and oxygen atoms in total. The van der Waals surface area contributed by atoms with Gasteiger partial charge in [0, 0.05) is 12.1 Å². The molecular formula is C10H21FN2. The molecule has 1 unspecified atom stereocenters. The van der Waals surface area contributed by atoms with Crippen LogP contribution in [0.2, 0.25) is 0 Å². The lowest BCUT2D eigenvalue weighted by Gasteiger charge is -2.45. The van der Waals surface area contributed by atoms with E-state index in [4.69, 9.17) is 5.73 Å². The Morgan fingerprint density at radius 1 is 1.46 bits per heavy atom. The van der Waals surface area contributed by atoms with Gasteiger partial charge in [-0.2, -0.15) is 0 Å². The molecule has 2 N–H and O–H groups in total. The van der Waals surface area contributed by atoms with Gasteiger partial charge in [-0.15, -0.1) is 0 Å². The van der Waals surface area contributed by atoms with Crippen molar-refractivity contribution in [1.29, 1.82) is 0 Å². The van der Waals surface area contributed by atoms with Crippen molar-refractivity contribution in [2.45, 2.75) is 44.7 Å². The lowest BCUT2D eigenvalue weighted by atomic mass is 9.88. The number of rotatable bonds is 1. The van der Waals surface area contributed by atoms with E-state index in [-0.39, 0.29) is 5.54 Å². The minimum absolute atomic E-state index is 0.111. The molecule has 0 radical (unpaired) electrons. The number of piperidine rings is 1. The van der Waals surface area contributed by atoms with Crippen molar-refractivity contribution in [3.05, 3.63) is 0 Å². The molecule has 1 fully saturated rings. The van der Waals surface area contributed by atoms with Crippen LogP contribution in [0.1, 0.15) is 33.6 Å². The molecule has 1 aliphatic rings. The van der Waals surface area contributed by atoms with Crippen molar-refractivity contribution in [3.63, 3.8) is 0 Å². The first-order chi connectivity index (χ1) is 5.87. The molecule has 78 valence electrons. The normalized spacial score (nSPS) is 32.1. The second-order valence-electron chi connectivity index (χ2n) is 5.19. The Balaban J connectivity index is 2.62. The van der Waals surface area contributed by atoms with E-state index in [0.717, 1.165) is 19.4 Å². The molecule has 0 amide bonds. The van der Waals surface area contributed by atoms with Gasteiger partial charge in [-0.25, -0.2) is 4.39 Å². The summed E-state index contributed by atoms with van der Waals surface area (Å²) in [6.07, 6.45) is 1.83. The maximum absolute atomic E-state index is 12.7. The second kappa shape index (κ2) is 3.54. The number of nitrogens with zero attached hydrogens (tertiary/aromatic N) is 1. The molecule has 0 spiro atoms. The zero-order valence-electron chi connectivity index (χ0n) is 8.94. The van der Waals surface area contributed by atoms with Crippen molar-refractivity contribution in [3.8, 4) is 0 Å². The topological polar surface area (TPSA) is 29.3 Å². The van der Waals surface area contributed by atoms with E-state index < -0.39 is 12.2 Å². The van der Waals surface area contributed by atoms with E-state index in [0.29, 0.717) is 6.54 Å². The first-order valence-electron chi connectivity index (χ1n) is 4.97. The molecule has 0 aromatic heterocycles. The van der Waals surface area contributed by atoms with Crippen molar-refractivity contribution < 1.29 is 4.39 Å². The fourth-order valence-corrected chi connectivity index (χ4v) is 1.84. The molecule has 1 saturated heterocycles. The number of halogens is 1. The Morgan fingerprint density at radius 2 is 2.08 bits per heavy atom. The van der Waals surface area contributed by atoms with Gasteiger partial charge >= 0.3 is 0 Å². The standard InChI is InChI=1S/C10H21FN2/c1-9(2,3)13-6-4-5-10(12,7-11)8-13/h4-8,12H2,1-3H3. The number of hydrogen-bond donors (Lipinski definition) is 1. The summed E-state index contributed by atoms with van der Waals surface area (Å²) < 4.78 is 12.7. The molecule has 0 saturated carbocycles. The number of alkyl halides is 1. The molecule has 13 heavy (non-hydrogen) atoms. The van der Waals surface area contributed by atoms with E-state index in [2.05, 4.69) is 25.7 Å². The minimum atomic E-state index is -0.592. The van der Waals surface area contributed by atoms with Crippen molar-refractivity contribution in [2.75, 3.05) is 19.8 Å². The smallest absolute Gasteiger partial charge is 0.109 e. The summed E-state index contributed by atoms with van der Waals surface area (Å²) in [5, 5.41) is 0. The predicted molar refractivity (Wildman–Crippen MR) is 53.5 cm³/mol. The zero-order valence-corrected chi connectivity index (χ0v) is 8.94. The molecule has 3 heteroatoms. The molecule has 1 atom stereocenters. The Bertz CT molecular complexity index is 176. The molecule has 1 aliphatic heterocycles. The van der Waals surface area contributed by atoms with E-state index >= 15 is 0 Å². The molecular weight excluding hydrogens is 167 g/mol. The molecule has 0 aliphatic carbocycles. The van der Waals surface area contributed by atoms with Crippen LogP contribution < -0.4 is 5.73 Å². The molecule has 1 heterocycles. The average molecular weight is 188 g/mol. The van der Waals surface area contributed by atoms with Gasteiger partial charge < -0.3 is 5.73 Å². The van der Waals surface area contributed by atoms with Crippen LogP contribution >= 0.6 is 0 Å². The van der Waals surface area contributed by atoms with Crippen LogP contribution in [-0.4, -0.2) is 35.7 Å². The number of nitrogens with two attached hydrogens (primary N) is 1. The Morgan fingerprint density at radius 3 is 2.54 bits per heavy atom. The van der Waals surface area contributed by atoms with Crippen molar-refractivity contribution in [1.82, 2.24) is 4.90 Å². The summed E-state index contributed by atoms with van der Waals surface area (Å²) in [5.41, 5.74) is 5.45. The van der Waals surface area contributed by atoms with Gasteiger partial charge in [-0.05, 0) is 40.2 Å². The van der Waals surface area contributed by atoms with Crippen LogP contribution in [0.15, 0.2) is 0 Å². The summed E-state index contributed by atoms with van der Waals surface area (Å²) in [5.74, 6) is 0. The molecule has 0 bridgehead atoms. The van der Waals surface area contributed by atoms with Crippen LogP contribution in [0.25, 0.3) is 0 Å². The fraction of sp³-hybridized carbons (Fsp3) is 1.00. The van der Waals surface area contributed by atoms with E-state index in [1.165, 1.54) is 0 Å². The first-order valence-corrected chi connectivity index (χ1v) is 4.97. The van der Waals surface area contributed by atoms with Gasteiger partial charge in [0.15, 0.2) is 0 Å².